The van der Waals surface area contributed by atoms with Crippen molar-refractivity contribution in [2.75, 3.05) is 23.7 Å². The number of thioether (sulfide) groups is 1. The summed E-state index contributed by atoms with van der Waals surface area (Å²) in [6.45, 7) is 0.375. The van der Waals surface area contributed by atoms with Gasteiger partial charge in [0.05, 0.1) is 21.1 Å². The molecule has 1 amide bonds. The zero-order valence-electron chi connectivity index (χ0n) is 15.8. The zero-order valence-corrected chi connectivity index (χ0v) is 17.4. The van der Waals surface area contributed by atoms with Gasteiger partial charge in [-0.3, -0.25) is 9.69 Å². The Bertz CT molecular complexity index is 1050. The molecule has 2 fully saturated rings. The molecule has 0 radical (unpaired) electrons. The summed E-state index contributed by atoms with van der Waals surface area (Å²) in [5.74, 6) is -0.111. The van der Waals surface area contributed by atoms with Crippen LogP contribution in [0.5, 0.6) is 0 Å². The maximum Gasteiger partial charge on any atom is 0.416 e. The highest BCUT2D eigenvalue weighted by molar-refractivity contribution is 8.02. The summed E-state index contributed by atoms with van der Waals surface area (Å²) in [5.41, 5.74) is -0.622. The number of piperidine rings is 1. The lowest BCUT2D eigenvalue weighted by Gasteiger charge is -2.43. The number of nitrogens with zero attached hydrogens (tertiary/aromatic N) is 2. The topological polar surface area (TPSA) is 57.7 Å². The molecule has 30 heavy (non-hydrogen) atoms. The predicted molar refractivity (Wildman–Crippen MR) is 109 cm³/mol. The van der Waals surface area contributed by atoms with Crippen molar-refractivity contribution >= 4 is 33.4 Å². The second-order valence-electron chi connectivity index (χ2n) is 7.23. The van der Waals surface area contributed by atoms with Crippen LogP contribution in [0.2, 0.25) is 0 Å². The summed E-state index contributed by atoms with van der Waals surface area (Å²) >= 11 is 1.37. The number of carbonyl (C=O) groups is 1. The van der Waals surface area contributed by atoms with Crippen molar-refractivity contribution in [3.05, 3.63) is 60.2 Å². The molecule has 2 aromatic rings. The van der Waals surface area contributed by atoms with Crippen LogP contribution < -0.4 is 4.90 Å². The summed E-state index contributed by atoms with van der Waals surface area (Å²) in [5, 5.41) is 0. The molecule has 160 valence electrons. The molecule has 0 unspecified atom stereocenters. The van der Waals surface area contributed by atoms with Crippen LogP contribution in [0.3, 0.4) is 0 Å². The van der Waals surface area contributed by atoms with Gasteiger partial charge >= 0.3 is 6.18 Å². The third kappa shape index (κ3) is 3.72. The average molecular weight is 457 g/mol. The van der Waals surface area contributed by atoms with Crippen molar-refractivity contribution in [2.45, 2.75) is 28.8 Å². The van der Waals surface area contributed by atoms with E-state index in [1.807, 2.05) is 0 Å². The molecule has 1 spiro atoms. The second-order valence-corrected chi connectivity index (χ2v) is 10.5. The quantitative estimate of drug-likeness (QED) is 0.702. The maximum atomic E-state index is 13.1. The largest absolute Gasteiger partial charge is 0.416 e. The van der Waals surface area contributed by atoms with Gasteiger partial charge in [-0.25, -0.2) is 8.42 Å². The molecule has 2 heterocycles. The van der Waals surface area contributed by atoms with E-state index in [4.69, 9.17) is 0 Å². The highest BCUT2D eigenvalue weighted by Crippen LogP contribution is 2.48. The molecule has 10 heteroatoms. The van der Waals surface area contributed by atoms with Crippen LogP contribution in [0.1, 0.15) is 18.4 Å². The molecule has 0 aliphatic carbocycles. The summed E-state index contributed by atoms with van der Waals surface area (Å²) in [6.07, 6.45) is -3.83. The highest BCUT2D eigenvalue weighted by atomic mass is 32.2. The fourth-order valence-electron chi connectivity index (χ4n) is 3.94. The van der Waals surface area contributed by atoms with E-state index in [9.17, 15) is 26.4 Å². The number of amides is 1. The van der Waals surface area contributed by atoms with E-state index in [2.05, 4.69) is 0 Å². The van der Waals surface area contributed by atoms with E-state index < -0.39 is 26.6 Å². The van der Waals surface area contributed by atoms with Crippen LogP contribution in [-0.2, 0) is 21.0 Å². The molecule has 5 nitrogen and oxygen atoms in total. The first-order valence-electron chi connectivity index (χ1n) is 9.33. The summed E-state index contributed by atoms with van der Waals surface area (Å²) in [6, 6.07) is 12.8. The van der Waals surface area contributed by atoms with Gasteiger partial charge in [-0.2, -0.15) is 17.5 Å². The molecule has 4 rings (SSSR count). The number of hydrogen-bond donors (Lipinski definition) is 0. The normalized spacial score (nSPS) is 20.1. The lowest BCUT2D eigenvalue weighted by Crippen LogP contribution is -2.53. The molecule has 0 bridgehead atoms. The fourth-order valence-corrected chi connectivity index (χ4v) is 6.73. The first-order chi connectivity index (χ1) is 14.1. The van der Waals surface area contributed by atoms with Crippen molar-refractivity contribution in [2.24, 2.45) is 0 Å². The Labute approximate surface area is 176 Å². The summed E-state index contributed by atoms with van der Waals surface area (Å²) in [7, 11) is -3.66. The van der Waals surface area contributed by atoms with Gasteiger partial charge in [-0.15, -0.1) is 11.8 Å². The minimum Gasteiger partial charge on any atom is -0.296 e. The molecule has 2 saturated heterocycles. The van der Waals surface area contributed by atoms with Crippen LogP contribution in [0.4, 0.5) is 18.9 Å². The van der Waals surface area contributed by atoms with E-state index in [-0.39, 0.29) is 35.3 Å². The van der Waals surface area contributed by atoms with E-state index in [0.717, 1.165) is 12.1 Å². The van der Waals surface area contributed by atoms with Gasteiger partial charge in [-0.05, 0) is 43.2 Å². The van der Waals surface area contributed by atoms with Gasteiger partial charge in [0, 0.05) is 18.8 Å². The van der Waals surface area contributed by atoms with Crippen LogP contribution in [-0.4, -0.2) is 42.3 Å². The Hall–Kier alpha value is -2.04. The smallest absolute Gasteiger partial charge is 0.296 e. The summed E-state index contributed by atoms with van der Waals surface area (Å²) in [4.78, 5) is 13.5. The van der Waals surface area contributed by atoms with E-state index in [1.54, 1.807) is 18.2 Å². The SMILES string of the molecule is O=C1CSC2(CCN(S(=O)(=O)c3ccccc3)CC2)N1c1cccc(C(F)(F)F)c1. The van der Waals surface area contributed by atoms with Crippen molar-refractivity contribution < 1.29 is 26.4 Å². The molecule has 0 saturated carbocycles. The Morgan fingerprint density at radius 1 is 0.967 bits per heavy atom. The Kier molecular flexibility index (Phi) is 5.36. The Balaban J connectivity index is 1.59. The number of benzene rings is 2. The molecule has 2 aliphatic heterocycles. The van der Waals surface area contributed by atoms with Gasteiger partial charge < -0.3 is 0 Å². The van der Waals surface area contributed by atoms with Crippen LogP contribution in [0.15, 0.2) is 59.5 Å². The first kappa shape index (κ1) is 21.2. The molecular weight excluding hydrogens is 437 g/mol. The number of sulfonamides is 1. The average Bonchev–Trinajstić information content (AvgIpc) is 3.04. The maximum absolute atomic E-state index is 13.1. The predicted octanol–water partition coefficient (Wildman–Crippen LogP) is 3.97. The van der Waals surface area contributed by atoms with Crippen LogP contribution in [0.25, 0.3) is 0 Å². The van der Waals surface area contributed by atoms with E-state index in [1.165, 1.54) is 45.2 Å². The van der Waals surface area contributed by atoms with E-state index >= 15 is 0 Å². The van der Waals surface area contributed by atoms with Crippen molar-refractivity contribution in [3.8, 4) is 0 Å². The van der Waals surface area contributed by atoms with E-state index in [0.29, 0.717) is 12.8 Å². The van der Waals surface area contributed by atoms with Crippen LogP contribution in [0, 0.1) is 0 Å². The summed E-state index contributed by atoms with van der Waals surface area (Å²) < 4.78 is 66.6. The second kappa shape index (κ2) is 7.58. The van der Waals surface area contributed by atoms with Gasteiger partial charge in [0.25, 0.3) is 0 Å². The highest BCUT2D eigenvalue weighted by Gasteiger charge is 2.50. The monoisotopic (exact) mass is 456 g/mol. The third-order valence-corrected chi connectivity index (χ3v) is 8.87. The standard InChI is InChI=1S/C20H19F3N2O3S2/c21-20(22,23)15-5-4-6-16(13-15)25-18(26)14-29-19(25)9-11-24(12-10-19)30(27,28)17-7-2-1-3-8-17/h1-8,13H,9-12,14H2. The number of anilines is 1. The molecular formula is C20H19F3N2O3S2. The van der Waals surface area contributed by atoms with Gasteiger partial charge in [0.15, 0.2) is 0 Å². The number of carbonyl (C=O) groups excluding carboxylic acids is 1. The minimum absolute atomic E-state index is 0.154. The first-order valence-corrected chi connectivity index (χ1v) is 11.8. The lowest BCUT2D eigenvalue weighted by molar-refractivity contribution is -0.137. The number of halogens is 3. The number of hydrogen-bond acceptors (Lipinski definition) is 4. The molecule has 0 aromatic heterocycles. The third-order valence-electron chi connectivity index (χ3n) is 5.44. The minimum atomic E-state index is -4.51. The molecule has 2 aromatic carbocycles. The van der Waals surface area contributed by atoms with Gasteiger partial charge in [0.2, 0.25) is 15.9 Å². The lowest BCUT2D eigenvalue weighted by atomic mass is 10.0. The van der Waals surface area contributed by atoms with Gasteiger partial charge in [0.1, 0.15) is 0 Å². The molecule has 0 atom stereocenters. The number of rotatable bonds is 3. The van der Waals surface area contributed by atoms with Crippen LogP contribution >= 0.6 is 11.8 Å². The molecule has 2 aliphatic rings. The van der Waals surface area contributed by atoms with Crippen molar-refractivity contribution in [1.29, 1.82) is 0 Å². The Morgan fingerprint density at radius 3 is 2.27 bits per heavy atom. The zero-order chi connectivity index (χ0) is 21.6. The Morgan fingerprint density at radius 2 is 1.63 bits per heavy atom. The van der Waals surface area contributed by atoms with Crippen molar-refractivity contribution in [3.63, 3.8) is 0 Å². The van der Waals surface area contributed by atoms with Gasteiger partial charge in [-0.1, -0.05) is 24.3 Å². The van der Waals surface area contributed by atoms with Crippen molar-refractivity contribution in [1.82, 2.24) is 4.31 Å². The molecule has 0 N–H and O–H groups in total. The number of alkyl halides is 3. The fraction of sp³-hybridized carbons (Fsp3) is 0.350.